The maximum atomic E-state index is 13.3. The number of carbonyl (C=O) groups is 2. The molecule has 4 heteroatoms. The van der Waals surface area contributed by atoms with Crippen LogP contribution in [0.2, 0.25) is 0 Å². The molecule has 0 fully saturated rings. The molecule has 3 rings (SSSR count). The zero-order valence-electron chi connectivity index (χ0n) is 17.9. The Morgan fingerprint density at radius 1 is 0.667 bits per heavy atom. The zero-order valence-corrected chi connectivity index (χ0v) is 17.9. The van der Waals surface area contributed by atoms with E-state index in [9.17, 15) is 9.59 Å². The van der Waals surface area contributed by atoms with Crippen LogP contribution in [0.4, 0.5) is 0 Å². The number of rotatable bonds is 6. The molecule has 154 valence electrons. The number of amides is 2. The average molecular weight is 401 g/mol. The molecule has 0 bridgehead atoms. The Bertz CT molecular complexity index is 985. The van der Waals surface area contributed by atoms with Gasteiger partial charge in [0, 0.05) is 25.2 Å². The summed E-state index contributed by atoms with van der Waals surface area (Å²) in [5.74, 6) is -0.167. The van der Waals surface area contributed by atoms with Gasteiger partial charge in [-0.1, -0.05) is 66.7 Å². The maximum absolute atomic E-state index is 13.3. The van der Waals surface area contributed by atoms with E-state index in [0.717, 1.165) is 5.56 Å². The molecule has 2 amide bonds. The van der Waals surface area contributed by atoms with Crippen molar-refractivity contribution >= 4 is 11.8 Å². The van der Waals surface area contributed by atoms with E-state index in [4.69, 9.17) is 0 Å². The minimum atomic E-state index is -0.673. The standard InChI is InChI=1S/C26H28N2O2/c1-26(2,28(4)25(30)22-18-12-7-13-19-22)23(20-14-8-5-9-15-20)27(3)24(29)21-16-10-6-11-17-21/h5-19,23H,1-4H3. The quantitative estimate of drug-likeness (QED) is 0.581. The fraction of sp³-hybridized carbons (Fsp3) is 0.231. The lowest BCUT2D eigenvalue weighted by Crippen LogP contribution is -2.54. The molecule has 4 nitrogen and oxygen atoms in total. The van der Waals surface area contributed by atoms with Gasteiger partial charge in [0.1, 0.15) is 0 Å². The van der Waals surface area contributed by atoms with Crippen LogP contribution >= 0.6 is 0 Å². The van der Waals surface area contributed by atoms with E-state index in [-0.39, 0.29) is 17.9 Å². The first-order valence-corrected chi connectivity index (χ1v) is 10.0. The van der Waals surface area contributed by atoms with Crippen molar-refractivity contribution < 1.29 is 9.59 Å². The Morgan fingerprint density at radius 3 is 1.53 bits per heavy atom. The van der Waals surface area contributed by atoms with E-state index < -0.39 is 5.54 Å². The zero-order chi connectivity index (χ0) is 21.7. The van der Waals surface area contributed by atoms with Gasteiger partial charge in [-0.3, -0.25) is 9.59 Å². The van der Waals surface area contributed by atoms with Gasteiger partial charge in [-0.05, 0) is 43.7 Å². The fourth-order valence-corrected chi connectivity index (χ4v) is 3.86. The van der Waals surface area contributed by atoms with Gasteiger partial charge in [-0.2, -0.15) is 0 Å². The van der Waals surface area contributed by atoms with Crippen LogP contribution in [-0.2, 0) is 0 Å². The maximum Gasteiger partial charge on any atom is 0.254 e. The van der Waals surface area contributed by atoms with Gasteiger partial charge < -0.3 is 9.80 Å². The number of benzene rings is 3. The van der Waals surface area contributed by atoms with Crippen molar-refractivity contribution in [3.05, 3.63) is 108 Å². The summed E-state index contributed by atoms with van der Waals surface area (Å²) in [6, 6.07) is 28.0. The van der Waals surface area contributed by atoms with Gasteiger partial charge in [-0.25, -0.2) is 0 Å². The first-order chi connectivity index (χ1) is 14.3. The van der Waals surface area contributed by atoms with Gasteiger partial charge in [0.2, 0.25) is 0 Å². The molecule has 3 aromatic rings. The summed E-state index contributed by atoms with van der Waals surface area (Å²) < 4.78 is 0. The second kappa shape index (κ2) is 8.95. The minimum absolute atomic E-state index is 0.0814. The van der Waals surface area contributed by atoms with Crippen molar-refractivity contribution in [2.75, 3.05) is 14.1 Å². The van der Waals surface area contributed by atoms with Crippen LogP contribution in [0.5, 0.6) is 0 Å². The third kappa shape index (κ3) is 4.28. The van der Waals surface area contributed by atoms with E-state index in [1.54, 1.807) is 23.9 Å². The van der Waals surface area contributed by atoms with Crippen LogP contribution in [0.1, 0.15) is 46.2 Å². The van der Waals surface area contributed by atoms with E-state index in [1.807, 2.05) is 105 Å². The number of likely N-dealkylation sites (N-methyl/N-ethyl adjacent to an activating group) is 2. The fourth-order valence-electron chi connectivity index (χ4n) is 3.86. The van der Waals surface area contributed by atoms with Gasteiger partial charge in [-0.15, -0.1) is 0 Å². The SMILES string of the molecule is CN(C(=O)c1ccccc1)C(c1ccccc1)C(C)(C)N(C)C(=O)c1ccccc1. The molecule has 0 radical (unpaired) electrons. The smallest absolute Gasteiger partial charge is 0.254 e. The first kappa shape index (κ1) is 21.3. The summed E-state index contributed by atoms with van der Waals surface area (Å²) in [5.41, 5.74) is 1.54. The first-order valence-electron chi connectivity index (χ1n) is 10.0. The van der Waals surface area contributed by atoms with Gasteiger partial charge in [0.05, 0.1) is 11.6 Å². The monoisotopic (exact) mass is 400 g/mol. The minimum Gasteiger partial charge on any atom is -0.334 e. The molecule has 3 aromatic carbocycles. The topological polar surface area (TPSA) is 40.6 Å². The summed E-state index contributed by atoms with van der Waals surface area (Å²) in [5, 5.41) is 0. The van der Waals surface area contributed by atoms with Crippen molar-refractivity contribution in [3.63, 3.8) is 0 Å². The number of hydrogen-bond acceptors (Lipinski definition) is 2. The Balaban J connectivity index is 2.01. The van der Waals surface area contributed by atoms with Crippen molar-refractivity contribution in [1.82, 2.24) is 9.80 Å². The van der Waals surface area contributed by atoms with Crippen molar-refractivity contribution in [2.24, 2.45) is 0 Å². The van der Waals surface area contributed by atoms with Gasteiger partial charge in [0.15, 0.2) is 0 Å². The van der Waals surface area contributed by atoms with E-state index in [1.165, 1.54) is 0 Å². The molecule has 0 N–H and O–H groups in total. The van der Waals surface area contributed by atoms with Crippen LogP contribution in [0.3, 0.4) is 0 Å². The molecule has 0 saturated carbocycles. The highest BCUT2D eigenvalue weighted by atomic mass is 16.2. The highest BCUT2D eigenvalue weighted by molar-refractivity contribution is 5.95. The predicted molar refractivity (Wildman–Crippen MR) is 120 cm³/mol. The third-order valence-corrected chi connectivity index (χ3v) is 5.70. The lowest BCUT2D eigenvalue weighted by molar-refractivity contribution is 0.0293. The Hall–Kier alpha value is -3.40. The molecule has 0 aromatic heterocycles. The summed E-state index contributed by atoms with van der Waals surface area (Å²) in [6.45, 7) is 4.00. The molecule has 0 spiro atoms. The van der Waals surface area contributed by atoms with E-state index >= 15 is 0 Å². The summed E-state index contributed by atoms with van der Waals surface area (Å²) in [6.07, 6.45) is 0. The molecular weight excluding hydrogens is 372 g/mol. The van der Waals surface area contributed by atoms with Crippen molar-refractivity contribution in [2.45, 2.75) is 25.4 Å². The predicted octanol–water partition coefficient (Wildman–Crippen LogP) is 5.05. The van der Waals surface area contributed by atoms with Gasteiger partial charge in [0.25, 0.3) is 11.8 Å². The van der Waals surface area contributed by atoms with Crippen LogP contribution < -0.4 is 0 Å². The molecule has 0 aliphatic carbocycles. The van der Waals surface area contributed by atoms with Crippen molar-refractivity contribution in [1.29, 1.82) is 0 Å². The highest BCUT2D eigenvalue weighted by Crippen LogP contribution is 2.36. The summed E-state index contributed by atoms with van der Waals surface area (Å²) in [7, 11) is 3.60. The molecule has 0 saturated heterocycles. The Morgan fingerprint density at radius 2 is 1.07 bits per heavy atom. The van der Waals surface area contributed by atoms with Gasteiger partial charge >= 0.3 is 0 Å². The molecule has 0 aliphatic heterocycles. The summed E-state index contributed by atoms with van der Waals surface area (Å²) in [4.78, 5) is 30.0. The number of nitrogens with zero attached hydrogens (tertiary/aromatic N) is 2. The molecule has 1 unspecified atom stereocenters. The second-order valence-electron chi connectivity index (χ2n) is 7.98. The lowest BCUT2D eigenvalue weighted by atomic mass is 9.85. The molecular formula is C26H28N2O2. The second-order valence-corrected chi connectivity index (χ2v) is 7.98. The van der Waals surface area contributed by atoms with Crippen LogP contribution in [0.15, 0.2) is 91.0 Å². The Kier molecular flexibility index (Phi) is 6.36. The van der Waals surface area contributed by atoms with Crippen molar-refractivity contribution in [3.8, 4) is 0 Å². The van der Waals surface area contributed by atoms with Crippen LogP contribution in [-0.4, -0.2) is 41.2 Å². The van der Waals surface area contributed by atoms with Crippen LogP contribution in [0.25, 0.3) is 0 Å². The third-order valence-electron chi connectivity index (χ3n) is 5.70. The molecule has 0 heterocycles. The number of carbonyl (C=O) groups excluding carboxylic acids is 2. The van der Waals surface area contributed by atoms with E-state index in [0.29, 0.717) is 11.1 Å². The summed E-state index contributed by atoms with van der Waals surface area (Å²) >= 11 is 0. The normalized spacial score (nSPS) is 12.1. The molecule has 0 aliphatic rings. The highest BCUT2D eigenvalue weighted by Gasteiger charge is 2.41. The largest absolute Gasteiger partial charge is 0.334 e. The average Bonchev–Trinajstić information content (AvgIpc) is 2.79. The van der Waals surface area contributed by atoms with Crippen LogP contribution in [0, 0.1) is 0 Å². The molecule has 1 atom stereocenters. The number of hydrogen-bond donors (Lipinski definition) is 0. The molecule has 30 heavy (non-hydrogen) atoms. The van der Waals surface area contributed by atoms with E-state index in [2.05, 4.69) is 0 Å². The Labute approximate surface area is 178 Å². The lowest BCUT2D eigenvalue weighted by Gasteiger charge is -2.46.